The fourth-order valence-corrected chi connectivity index (χ4v) is 2.71. The number of methoxy groups -OCH3 is 2. The fourth-order valence-electron chi connectivity index (χ4n) is 2.71. The van der Waals surface area contributed by atoms with Crippen molar-refractivity contribution in [2.75, 3.05) is 14.2 Å². The summed E-state index contributed by atoms with van der Waals surface area (Å²) in [5.41, 5.74) is 1.43. The molecule has 0 aliphatic rings. The Balaban J connectivity index is 1.83. The molecule has 0 radical (unpaired) electrons. The van der Waals surface area contributed by atoms with Crippen LogP contribution >= 0.6 is 0 Å². The van der Waals surface area contributed by atoms with Gasteiger partial charge in [-0.2, -0.15) is 0 Å². The normalized spacial score (nSPS) is 10.6. The SMILES string of the molecule is COc1ccc(OC)c(C(=O)C=Cc2ccccc2OC(=O)c2ccccc2)c1. The van der Waals surface area contributed by atoms with Gasteiger partial charge in [-0.15, -0.1) is 0 Å². The van der Waals surface area contributed by atoms with E-state index in [-0.39, 0.29) is 5.78 Å². The van der Waals surface area contributed by atoms with Gasteiger partial charge in [-0.3, -0.25) is 4.79 Å². The van der Waals surface area contributed by atoms with Gasteiger partial charge in [0.15, 0.2) is 5.78 Å². The molecule has 0 amide bonds. The number of carbonyl (C=O) groups is 2. The number of esters is 1. The molecule has 5 nitrogen and oxygen atoms in total. The molecular weight excluding hydrogens is 368 g/mol. The minimum Gasteiger partial charge on any atom is -0.497 e. The molecule has 0 unspecified atom stereocenters. The van der Waals surface area contributed by atoms with Crippen molar-refractivity contribution in [3.05, 3.63) is 95.6 Å². The second-order valence-corrected chi connectivity index (χ2v) is 6.06. The first-order valence-corrected chi connectivity index (χ1v) is 8.93. The van der Waals surface area contributed by atoms with Gasteiger partial charge in [-0.1, -0.05) is 36.4 Å². The summed E-state index contributed by atoms with van der Waals surface area (Å²) >= 11 is 0. The molecule has 0 aliphatic carbocycles. The molecule has 146 valence electrons. The lowest BCUT2D eigenvalue weighted by molar-refractivity contribution is 0.0734. The molecule has 0 aromatic heterocycles. The molecule has 29 heavy (non-hydrogen) atoms. The number of hydrogen-bond acceptors (Lipinski definition) is 5. The molecule has 0 bridgehead atoms. The van der Waals surface area contributed by atoms with E-state index in [1.807, 2.05) is 6.07 Å². The Labute approximate surface area is 169 Å². The molecule has 0 saturated carbocycles. The van der Waals surface area contributed by atoms with Crippen LogP contribution in [-0.4, -0.2) is 26.0 Å². The third-order valence-electron chi connectivity index (χ3n) is 4.22. The Morgan fingerprint density at radius 3 is 2.24 bits per heavy atom. The summed E-state index contributed by atoms with van der Waals surface area (Å²) in [5, 5.41) is 0. The van der Waals surface area contributed by atoms with Gasteiger partial charge < -0.3 is 14.2 Å². The summed E-state index contributed by atoms with van der Waals surface area (Å²) in [5.74, 6) is 0.643. The van der Waals surface area contributed by atoms with Crippen molar-refractivity contribution in [3.8, 4) is 17.2 Å². The highest BCUT2D eigenvalue weighted by molar-refractivity contribution is 6.09. The average Bonchev–Trinajstić information content (AvgIpc) is 2.78. The van der Waals surface area contributed by atoms with Crippen molar-refractivity contribution in [1.29, 1.82) is 0 Å². The van der Waals surface area contributed by atoms with E-state index >= 15 is 0 Å². The number of allylic oxidation sites excluding steroid dienone is 1. The van der Waals surface area contributed by atoms with E-state index in [1.165, 1.54) is 20.3 Å². The molecule has 0 fully saturated rings. The van der Waals surface area contributed by atoms with Crippen molar-refractivity contribution < 1.29 is 23.8 Å². The van der Waals surface area contributed by atoms with Crippen LogP contribution in [0.4, 0.5) is 0 Å². The Morgan fingerprint density at radius 2 is 1.52 bits per heavy atom. The maximum Gasteiger partial charge on any atom is 0.343 e. The smallest absolute Gasteiger partial charge is 0.343 e. The first-order valence-electron chi connectivity index (χ1n) is 8.93. The standard InChI is InChI=1S/C24H20O5/c1-27-19-13-15-23(28-2)20(16-19)21(25)14-12-17-8-6-7-11-22(17)29-24(26)18-9-4-3-5-10-18/h3-16H,1-2H3. The third-order valence-corrected chi connectivity index (χ3v) is 4.22. The van der Waals surface area contributed by atoms with Gasteiger partial charge in [0.1, 0.15) is 17.2 Å². The van der Waals surface area contributed by atoms with E-state index in [0.29, 0.717) is 33.9 Å². The lowest BCUT2D eigenvalue weighted by Gasteiger charge is -2.09. The zero-order valence-corrected chi connectivity index (χ0v) is 16.1. The predicted octanol–water partition coefficient (Wildman–Crippen LogP) is 4.82. The quantitative estimate of drug-likeness (QED) is 0.251. The van der Waals surface area contributed by atoms with Crippen LogP contribution in [0.3, 0.4) is 0 Å². The number of ether oxygens (including phenoxy) is 3. The molecule has 3 aromatic carbocycles. The molecular formula is C24H20O5. The van der Waals surface area contributed by atoms with Crippen LogP contribution in [0.5, 0.6) is 17.2 Å². The number of carbonyl (C=O) groups excluding carboxylic acids is 2. The molecule has 0 heterocycles. The minimum atomic E-state index is -0.466. The predicted molar refractivity (Wildman–Crippen MR) is 111 cm³/mol. The first kappa shape index (κ1) is 19.9. The molecule has 0 N–H and O–H groups in total. The number of ketones is 1. The largest absolute Gasteiger partial charge is 0.497 e. The number of benzene rings is 3. The van der Waals surface area contributed by atoms with Gasteiger partial charge >= 0.3 is 5.97 Å². The minimum absolute atomic E-state index is 0.259. The second-order valence-electron chi connectivity index (χ2n) is 6.06. The maximum atomic E-state index is 12.7. The molecule has 0 spiro atoms. The Hall–Kier alpha value is -3.86. The molecule has 0 atom stereocenters. The van der Waals surface area contributed by atoms with Crippen LogP contribution in [0.1, 0.15) is 26.3 Å². The zero-order chi connectivity index (χ0) is 20.6. The summed E-state index contributed by atoms with van der Waals surface area (Å²) in [6.45, 7) is 0. The summed E-state index contributed by atoms with van der Waals surface area (Å²) < 4.78 is 16.0. The van der Waals surface area contributed by atoms with Gasteiger partial charge in [0.25, 0.3) is 0 Å². The Kier molecular flexibility index (Phi) is 6.43. The van der Waals surface area contributed by atoms with Crippen LogP contribution in [0.2, 0.25) is 0 Å². The highest BCUT2D eigenvalue weighted by Crippen LogP contribution is 2.26. The average molecular weight is 388 g/mol. The maximum absolute atomic E-state index is 12.7. The molecule has 3 aromatic rings. The van der Waals surface area contributed by atoms with Crippen molar-refractivity contribution in [3.63, 3.8) is 0 Å². The van der Waals surface area contributed by atoms with Crippen LogP contribution in [0, 0.1) is 0 Å². The van der Waals surface area contributed by atoms with Crippen LogP contribution in [0.15, 0.2) is 78.9 Å². The molecule has 0 saturated heterocycles. The van der Waals surface area contributed by atoms with Crippen molar-refractivity contribution in [2.24, 2.45) is 0 Å². The summed E-state index contributed by atoms with van der Waals surface area (Å²) in [4.78, 5) is 25.0. The molecule has 5 heteroatoms. The molecule has 0 aliphatic heterocycles. The van der Waals surface area contributed by atoms with Gasteiger partial charge in [-0.25, -0.2) is 4.79 Å². The highest BCUT2D eigenvalue weighted by atomic mass is 16.5. The zero-order valence-electron chi connectivity index (χ0n) is 16.1. The van der Waals surface area contributed by atoms with E-state index in [9.17, 15) is 9.59 Å². The molecule has 3 rings (SSSR count). The highest BCUT2D eigenvalue weighted by Gasteiger charge is 2.13. The first-order chi connectivity index (χ1) is 14.1. The summed E-state index contributed by atoms with van der Waals surface area (Å²) in [6.07, 6.45) is 3.02. The number of para-hydroxylation sites is 1. The van der Waals surface area contributed by atoms with E-state index in [4.69, 9.17) is 14.2 Å². The lowest BCUT2D eigenvalue weighted by atomic mass is 10.1. The Morgan fingerprint density at radius 1 is 0.793 bits per heavy atom. The van der Waals surface area contributed by atoms with E-state index in [0.717, 1.165) is 0 Å². The van der Waals surface area contributed by atoms with Gasteiger partial charge in [0.05, 0.1) is 25.3 Å². The van der Waals surface area contributed by atoms with Gasteiger partial charge in [0, 0.05) is 5.56 Å². The van der Waals surface area contributed by atoms with Crippen LogP contribution in [-0.2, 0) is 0 Å². The van der Waals surface area contributed by atoms with Crippen molar-refractivity contribution in [1.82, 2.24) is 0 Å². The number of rotatable bonds is 7. The monoisotopic (exact) mass is 388 g/mol. The Bertz CT molecular complexity index is 1040. The second kappa shape index (κ2) is 9.37. The topological polar surface area (TPSA) is 61.8 Å². The van der Waals surface area contributed by atoms with E-state index in [1.54, 1.807) is 72.8 Å². The van der Waals surface area contributed by atoms with Crippen molar-refractivity contribution in [2.45, 2.75) is 0 Å². The third kappa shape index (κ3) is 4.90. The van der Waals surface area contributed by atoms with E-state index in [2.05, 4.69) is 0 Å². The lowest BCUT2D eigenvalue weighted by Crippen LogP contribution is -2.09. The van der Waals surface area contributed by atoms with Gasteiger partial charge in [0.2, 0.25) is 0 Å². The van der Waals surface area contributed by atoms with E-state index < -0.39 is 5.97 Å². The van der Waals surface area contributed by atoms with Crippen molar-refractivity contribution >= 4 is 17.8 Å². The summed E-state index contributed by atoms with van der Waals surface area (Å²) in [7, 11) is 3.03. The van der Waals surface area contributed by atoms with Crippen LogP contribution in [0.25, 0.3) is 6.08 Å². The summed E-state index contributed by atoms with van der Waals surface area (Å²) in [6, 6.07) is 20.7. The van der Waals surface area contributed by atoms with Crippen LogP contribution < -0.4 is 14.2 Å². The van der Waals surface area contributed by atoms with Gasteiger partial charge in [-0.05, 0) is 48.6 Å². The number of hydrogen-bond donors (Lipinski definition) is 0. The fraction of sp³-hybridized carbons (Fsp3) is 0.0833.